The van der Waals surface area contributed by atoms with Crippen LogP contribution in [0.3, 0.4) is 0 Å². The molecule has 0 unspecified atom stereocenters. The minimum Gasteiger partial charge on any atom is -0.374 e. The molecule has 2 nitrogen and oxygen atoms in total. The van der Waals surface area contributed by atoms with Gasteiger partial charge in [-0.2, -0.15) is 0 Å². The number of carbonyl (C=O) groups is 1. The number of Topliss-reactive ketones (excluding diaryl/α,β-unsaturated/α-hetero) is 1. The topological polar surface area (TPSA) is 26.3 Å². The van der Waals surface area contributed by atoms with E-state index in [1.807, 2.05) is 19.1 Å². The second-order valence-corrected chi connectivity index (χ2v) is 3.60. The van der Waals surface area contributed by atoms with Gasteiger partial charge in [-0.15, -0.1) is 0 Å². The Bertz CT molecular complexity index is 318. The van der Waals surface area contributed by atoms with E-state index in [2.05, 4.69) is 19.1 Å². The second kappa shape index (κ2) is 6.36. The van der Waals surface area contributed by atoms with Crippen LogP contribution in [0.1, 0.15) is 24.5 Å². The number of ketones is 1. The van der Waals surface area contributed by atoms with Crippen LogP contribution in [0.2, 0.25) is 0 Å². The number of benzene rings is 1. The highest BCUT2D eigenvalue weighted by Crippen LogP contribution is 2.09. The quantitative estimate of drug-likeness (QED) is 0.715. The molecule has 15 heavy (non-hydrogen) atoms. The maximum Gasteiger partial charge on any atom is 0.158 e. The first-order valence-electron chi connectivity index (χ1n) is 5.38. The molecule has 0 aromatic heterocycles. The monoisotopic (exact) mass is 206 g/mol. The summed E-state index contributed by atoms with van der Waals surface area (Å²) in [5.74, 6) is 0.181. The summed E-state index contributed by atoms with van der Waals surface area (Å²) >= 11 is 0. The average Bonchev–Trinajstić information content (AvgIpc) is 2.25. The highest BCUT2D eigenvalue weighted by atomic mass is 16.5. The van der Waals surface area contributed by atoms with Crippen LogP contribution in [0.4, 0.5) is 0 Å². The Balaban J connectivity index is 2.37. The highest BCUT2D eigenvalue weighted by molar-refractivity contribution is 5.79. The lowest BCUT2D eigenvalue weighted by atomic mass is 10.0. The number of hydrogen-bond donors (Lipinski definition) is 0. The minimum atomic E-state index is 0.181. The summed E-state index contributed by atoms with van der Waals surface area (Å²) in [5.41, 5.74) is 2.50. The Morgan fingerprint density at radius 2 is 2.07 bits per heavy atom. The van der Waals surface area contributed by atoms with E-state index in [0.717, 1.165) is 6.42 Å². The fourth-order valence-corrected chi connectivity index (χ4v) is 1.45. The smallest absolute Gasteiger partial charge is 0.158 e. The number of hydrogen-bond acceptors (Lipinski definition) is 2. The molecule has 1 aromatic rings. The maximum absolute atomic E-state index is 11.4. The largest absolute Gasteiger partial charge is 0.374 e. The normalized spacial score (nSPS) is 10.3. The van der Waals surface area contributed by atoms with Gasteiger partial charge in [-0.25, -0.2) is 0 Å². The summed E-state index contributed by atoms with van der Waals surface area (Å²) in [4.78, 5) is 11.4. The summed E-state index contributed by atoms with van der Waals surface area (Å²) in [5, 5.41) is 0. The third kappa shape index (κ3) is 4.26. The third-order valence-corrected chi connectivity index (χ3v) is 2.40. The summed E-state index contributed by atoms with van der Waals surface area (Å²) in [6.45, 7) is 4.83. The molecule has 0 saturated carbocycles. The Labute approximate surface area is 91.3 Å². The first-order valence-corrected chi connectivity index (χ1v) is 5.38. The molecule has 0 aliphatic carbocycles. The van der Waals surface area contributed by atoms with Gasteiger partial charge in [0.05, 0.1) is 0 Å². The molecule has 0 aliphatic heterocycles. The van der Waals surface area contributed by atoms with Gasteiger partial charge in [0.25, 0.3) is 0 Å². The first kappa shape index (κ1) is 11.9. The van der Waals surface area contributed by atoms with Gasteiger partial charge in [0.1, 0.15) is 6.61 Å². The number of rotatable bonds is 6. The van der Waals surface area contributed by atoms with Crippen LogP contribution >= 0.6 is 0 Å². The van der Waals surface area contributed by atoms with E-state index in [1.54, 1.807) is 0 Å². The van der Waals surface area contributed by atoms with Crippen molar-refractivity contribution in [1.82, 2.24) is 0 Å². The lowest BCUT2D eigenvalue weighted by Gasteiger charge is -2.04. The van der Waals surface area contributed by atoms with Crippen molar-refractivity contribution >= 4 is 5.78 Å². The summed E-state index contributed by atoms with van der Waals surface area (Å²) < 4.78 is 5.06. The van der Waals surface area contributed by atoms with Gasteiger partial charge in [-0.05, 0) is 31.4 Å². The molecule has 0 radical (unpaired) electrons. The third-order valence-electron chi connectivity index (χ3n) is 2.40. The first-order chi connectivity index (χ1) is 7.24. The molecule has 0 amide bonds. The number of ether oxygens (including phenoxy) is 1. The van der Waals surface area contributed by atoms with Crippen molar-refractivity contribution in [2.24, 2.45) is 0 Å². The molecule has 0 saturated heterocycles. The van der Waals surface area contributed by atoms with Crippen LogP contribution in [0.5, 0.6) is 0 Å². The van der Waals surface area contributed by atoms with Gasteiger partial charge in [0.15, 0.2) is 5.78 Å². The Morgan fingerprint density at radius 1 is 1.33 bits per heavy atom. The second-order valence-electron chi connectivity index (χ2n) is 3.60. The predicted octanol–water partition coefficient (Wildman–Crippen LogP) is 2.53. The molecule has 1 aromatic carbocycles. The van der Waals surface area contributed by atoms with Crippen LogP contribution in [-0.4, -0.2) is 19.0 Å². The maximum atomic E-state index is 11.4. The molecule has 2 heteroatoms. The van der Waals surface area contributed by atoms with Gasteiger partial charge < -0.3 is 4.74 Å². The van der Waals surface area contributed by atoms with Crippen molar-refractivity contribution in [3.05, 3.63) is 35.4 Å². The fourth-order valence-electron chi connectivity index (χ4n) is 1.45. The van der Waals surface area contributed by atoms with Crippen LogP contribution in [-0.2, 0) is 16.0 Å². The summed E-state index contributed by atoms with van der Waals surface area (Å²) in [6, 6.07) is 8.17. The zero-order valence-corrected chi connectivity index (χ0v) is 9.45. The lowest BCUT2D eigenvalue weighted by Crippen LogP contribution is -2.09. The molecule has 0 fully saturated rings. The Kier molecular flexibility index (Phi) is 5.05. The molecule has 0 aliphatic rings. The highest BCUT2D eigenvalue weighted by Gasteiger charge is 2.03. The molecule has 0 bridgehead atoms. The molecule has 0 N–H and O–H groups in total. The van der Waals surface area contributed by atoms with Crippen molar-refractivity contribution in [2.75, 3.05) is 13.2 Å². The molecule has 0 atom stereocenters. The van der Waals surface area contributed by atoms with Crippen LogP contribution in [0.25, 0.3) is 0 Å². The van der Waals surface area contributed by atoms with Crippen molar-refractivity contribution in [2.45, 2.75) is 26.7 Å². The van der Waals surface area contributed by atoms with E-state index in [-0.39, 0.29) is 12.4 Å². The van der Waals surface area contributed by atoms with Crippen LogP contribution in [0.15, 0.2) is 24.3 Å². The molecule has 82 valence electrons. The minimum absolute atomic E-state index is 0.181. The van der Waals surface area contributed by atoms with E-state index in [4.69, 9.17) is 4.74 Å². The van der Waals surface area contributed by atoms with Crippen molar-refractivity contribution in [3.63, 3.8) is 0 Å². The summed E-state index contributed by atoms with van der Waals surface area (Å²) in [6.07, 6.45) is 1.39. The van der Waals surface area contributed by atoms with E-state index in [0.29, 0.717) is 13.0 Å². The molecule has 0 spiro atoms. The molecular weight excluding hydrogens is 188 g/mol. The predicted molar refractivity (Wildman–Crippen MR) is 61.0 cm³/mol. The zero-order valence-electron chi connectivity index (χ0n) is 9.45. The van der Waals surface area contributed by atoms with Crippen LogP contribution < -0.4 is 0 Å². The van der Waals surface area contributed by atoms with E-state index >= 15 is 0 Å². The van der Waals surface area contributed by atoms with Gasteiger partial charge >= 0.3 is 0 Å². The molecule has 1 rings (SSSR count). The van der Waals surface area contributed by atoms with Gasteiger partial charge in [-0.3, -0.25) is 4.79 Å². The Morgan fingerprint density at radius 3 is 2.73 bits per heavy atom. The lowest BCUT2D eigenvalue weighted by molar-refractivity contribution is -0.123. The van der Waals surface area contributed by atoms with Crippen LogP contribution in [0, 0.1) is 6.92 Å². The fraction of sp³-hybridized carbons (Fsp3) is 0.462. The number of aryl methyl sites for hydroxylation is 2. The standard InChI is InChI=1S/C13H18O2/c1-3-15-10-13(14)9-8-12-7-5-4-6-11(12)2/h4-7H,3,8-10H2,1-2H3. The zero-order chi connectivity index (χ0) is 11.1. The van der Waals surface area contributed by atoms with Crippen molar-refractivity contribution in [1.29, 1.82) is 0 Å². The number of carbonyl (C=O) groups excluding carboxylic acids is 1. The summed E-state index contributed by atoms with van der Waals surface area (Å²) in [7, 11) is 0. The van der Waals surface area contributed by atoms with Crippen molar-refractivity contribution in [3.8, 4) is 0 Å². The van der Waals surface area contributed by atoms with Gasteiger partial charge in [0, 0.05) is 13.0 Å². The van der Waals surface area contributed by atoms with Gasteiger partial charge in [-0.1, -0.05) is 24.3 Å². The molecular formula is C13H18O2. The SMILES string of the molecule is CCOCC(=O)CCc1ccccc1C. The van der Waals surface area contributed by atoms with Crippen molar-refractivity contribution < 1.29 is 9.53 Å². The average molecular weight is 206 g/mol. The Hall–Kier alpha value is -1.15. The van der Waals surface area contributed by atoms with E-state index in [1.165, 1.54) is 11.1 Å². The van der Waals surface area contributed by atoms with Gasteiger partial charge in [0.2, 0.25) is 0 Å². The van der Waals surface area contributed by atoms with E-state index in [9.17, 15) is 4.79 Å². The van der Waals surface area contributed by atoms with E-state index < -0.39 is 0 Å². The molecule has 0 heterocycles.